The number of piperidine rings is 1. The molecule has 5 rings (SSSR count). The quantitative estimate of drug-likeness (QED) is 0.386. The first-order valence-corrected chi connectivity index (χ1v) is 15.6. The number of hydrogen-bond acceptors (Lipinski definition) is 1. The Morgan fingerprint density at radius 1 is 0.758 bits per heavy atom. The van der Waals surface area contributed by atoms with Crippen molar-refractivity contribution in [3.63, 3.8) is 0 Å². The average Bonchev–Trinajstić information content (AvgIpc) is 3.16. The van der Waals surface area contributed by atoms with Crippen molar-refractivity contribution >= 4 is 0 Å². The fraction of sp³-hybridized carbons (Fsp3) is 1.00. The molecule has 190 valence electrons. The number of fused-ring (bicyclic) bond motifs is 5. The summed E-state index contributed by atoms with van der Waals surface area (Å²) in [5, 5.41) is 0. The van der Waals surface area contributed by atoms with Gasteiger partial charge in [-0.25, -0.2) is 0 Å². The molecule has 5 aliphatic rings. The molecule has 0 amide bonds. The highest BCUT2D eigenvalue weighted by atomic mass is 15.2. The van der Waals surface area contributed by atoms with Crippen molar-refractivity contribution in [3.05, 3.63) is 0 Å². The molecule has 1 heteroatoms. The molecule has 0 aromatic heterocycles. The van der Waals surface area contributed by atoms with E-state index in [2.05, 4.69) is 39.5 Å². The molecule has 4 saturated carbocycles. The maximum Gasteiger partial charge on any atom is 0.00983 e. The monoisotopic (exact) mass is 455 g/mol. The molecule has 0 N–H and O–H groups in total. The largest absolute Gasteiger partial charge is 0.300 e. The average molecular weight is 456 g/mol. The summed E-state index contributed by atoms with van der Waals surface area (Å²) in [6.45, 7) is 15.8. The minimum atomic E-state index is 0.659. The molecule has 0 radical (unpaired) electrons. The van der Waals surface area contributed by atoms with Crippen molar-refractivity contribution in [2.75, 3.05) is 13.1 Å². The summed E-state index contributed by atoms with van der Waals surface area (Å²) in [6, 6.07) is 0.927. The van der Waals surface area contributed by atoms with Gasteiger partial charge in [0, 0.05) is 6.04 Å². The van der Waals surface area contributed by atoms with Crippen molar-refractivity contribution < 1.29 is 0 Å². The third-order valence-electron chi connectivity index (χ3n) is 12.7. The molecule has 0 aromatic rings. The smallest absolute Gasteiger partial charge is 0.00983 e. The summed E-state index contributed by atoms with van der Waals surface area (Å²) >= 11 is 0. The van der Waals surface area contributed by atoms with E-state index in [-0.39, 0.29) is 0 Å². The molecule has 9 atom stereocenters. The zero-order valence-corrected chi connectivity index (χ0v) is 23.1. The van der Waals surface area contributed by atoms with Gasteiger partial charge >= 0.3 is 0 Å². The van der Waals surface area contributed by atoms with E-state index in [1.54, 1.807) is 44.9 Å². The van der Waals surface area contributed by atoms with Crippen molar-refractivity contribution in [2.24, 2.45) is 52.3 Å². The molecule has 5 fully saturated rings. The molecule has 1 saturated heterocycles. The summed E-state index contributed by atoms with van der Waals surface area (Å²) in [7, 11) is 0. The van der Waals surface area contributed by atoms with E-state index < -0.39 is 0 Å². The predicted molar refractivity (Wildman–Crippen MR) is 142 cm³/mol. The fourth-order valence-electron chi connectivity index (χ4n) is 10.9. The first-order valence-electron chi connectivity index (χ1n) is 15.6. The second-order valence-electron chi connectivity index (χ2n) is 14.7. The number of hydrogen-bond donors (Lipinski definition) is 0. The summed E-state index contributed by atoms with van der Waals surface area (Å²) in [4.78, 5) is 2.91. The highest BCUT2D eigenvalue weighted by molar-refractivity contribution is 5.10. The normalized spacial score (nSPS) is 47.1. The summed E-state index contributed by atoms with van der Waals surface area (Å²) in [6.07, 6.45) is 22.7. The number of nitrogens with zero attached hydrogens (tertiary/aromatic N) is 1. The molecule has 0 unspecified atom stereocenters. The highest BCUT2D eigenvalue weighted by Crippen LogP contribution is 2.68. The molecule has 33 heavy (non-hydrogen) atoms. The molecular formula is C32H57N. The summed E-state index contributed by atoms with van der Waals surface area (Å²) in [5.41, 5.74) is 1.32. The standard InChI is InChI=1S/C32H57N/c1-23(2)10-9-11-24(3)28-14-15-29-27-13-12-25-22-26(33-20-7-6-8-21-33)16-18-31(25,4)30(27)17-19-32(28,29)5/h23-30H,6-22H2,1-5H3/t24-,25+,26-,27-,28+,29-,30-,31-,32+/m0/s1. The topological polar surface area (TPSA) is 3.24 Å². The lowest BCUT2D eigenvalue weighted by Crippen LogP contribution is -2.56. The van der Waals surface area contributed by atoms with Crippen molar-refractivity contribution in [3.8, 4) is 0 Å². The van der Waals surface area contributed by atoms with Gasteiger partial charge in [0.15, 0.2) is 0 Å². The molecule has 0 spiro atoms. The minimum absolute atomic E-state index is 0.659. The molecule has 1 nitrogen and oxygen atoms in total. The third-order valence-corrected chi connectivity index (χ3v) is 12.7. The Morgan fingerprint density at radius 3 is 2.24 bits per heavy atom. The number of rotatable bonds is 6. The van der Waals surface area contributed by atoms with Gasteiger partial charge in [0.1, 0.15) is 0 Å². The van der Waals surface area contributed by atoms with E-state index >= 15 is 0 Å². The van der Waals surface area contributed by atoms with E-state index in [0.717, 1.165) is 47.5 Å². The van der Waals surface area contributed by atoms with Crippen LogP contribution in [0.2, 0.25) is 0 Å². The Labute approximate surface area is 207 Å². The van der Waals surface area contributed by atoms with Crippen molar-refractivity contribution in [1.29, 1.82) is 0 Å². The van der Waals surface area contributed by atoms with Crippen molar-refractivity contribution in [1.82, 2.24) is 4.90 Å². The van der Waals surface area contributed by atoms with Gasteiger partial charge < -0.3 is 4.90 Å². The molecule has 4 aliphatic carbocycles. The van der Waals surface area contributed by atoms with Gasteiger partial charge in [0.25, 0.3) is 0 Å². The Balaban J connectivity index is 1.24. The van der Waals surface area contributed by atoms with E-state index in [1.165, 1.54) is 64.5 Å². The lowest BCUT2D eigenvalue weighted by Gasteiger charge is -2.62. The van der Waals surface area contributed by atoms with Crippen LogP contribution in [0.25, 0.3) is 0 Å². The Hall–Kier alpha value is -0.0400. The predicted octanol–water partition coefficient (Wildman–Crippen LogP) is 8.96. The van der Waals surface area contributed by atoms with Gasteiger partial charge in [-0.2, -0.15) is 0 Å². The van der Waals surface area contributed by atoms with E-state index in [0.29, 0.717) is 10.8 Å². The van der Waals surface area contributed by atoms with Crippen LogP contribution in [0.1, 0.15) is 131 Å². The fourth-order valence-corrected chi connectivity index (χ4v) is 10.9. The maximum absolute atomic E-state index is 2.91. The van der Waals surface area contributed by atoms with Gasteiger partial charge in [-0.3, -0.25) is 0 Å². The van der Waals surface area contributed by atoms with E-state index in [9.17, 15) is 0 Å². The van der Waals surface area contributed by atoms with Gasteiger partial charge in [0.05, 0.1) is 0 Å². The first-order chi connectivity index (χ1) is 15.8. The minimum Gasteiger partial charge on any atom is -0.300 e. The van der Waals surface area contributed by atoms with Crippen molar-refractivity contribution in [2.45, 2.75) is 137 Å². The molecule has 1 aliphatic heterocycles. The Bertz CT molecular complexity index is 649. The van der Waals surface area contributed by atoms with Crippen LogP contribution >= 0.6 is 0 Å². The molecule has 1 heterocycles. The lowest BCUT2D eigenvalue weighted by molar-refractivity contribution is -0.124. The van der Waals surface area contributed by atoms with Crippen LogP contribution in [0.15, 0.2) is 0 Å². The van der Waals surface area contributed by atoms with Gasteiger partial charge in [-0.15, -0.1) is 0 Å². The Kier molecular flexibility index (Phi) is 7.31. The third kappa shape index (κ3) is 4.49. The van der Waals surface area contributed by atoms with Gasteiger partial charge in [-0.1, -0.05) is 60.3 Å². The summed E-state index contributed by atoms with van der Waals surface area (Å²) in [5.74, 6) is 7.01. The highest BCUT2D eigenvalue weighted by Gasteiger charge is 2.60. The Morgan fingerprint density at radius 2 is 1.48 bits per heavy atom. The van der Waals surface area contributed by atoms with Crippen LogP contribution in [-0.2, 0) is 0 Å². The first kappa shape index (κ1) is 24.6. The lowest BCUT2D eigenvalue weighted by atomic mass is 9.44. The second kappa shape index (κ2) is 9.78. The van der Waals surface area contributed by atoms with Crippen LogP contribution in [0, 0.1) is 52.3 Å². The number of likely N-dealkylation sites (tertiary alicyclic amines) is 1. The molecule has 0 bridgehead atoms. The van der Waals surface area contributed by atoms with Crippen LogP contribution in [0.4, 0.5) is 0 Å². The van der Waals surface area contributed by atoms with Crippen LogP contribution in [0.5, 0.6) is 0 Å². The molecule has 0 aromatic carbocycles. The summed E-state index contributed by atoms with van der Waals surface area (Å²) < 4.78 is 0. The maximum atomic E-state index is 2.91. The zero-order valence-electron chi connectivity index (χ0n) is 23.1. The van der Waals surface area contributed by atoms with Gasteiger partial charge in [-0.05, 0) is 136 Å². The van der Waals surface area contributed by atoms with Crippen LogP contribution in [-0.4, -0.2) is 24.0 Å². The van der Waals surface area contributed by atoms with E-state index in [4.69, 9.17) is 0 Å². The van der Waals surface area contributed by atoms with Gasteiger partial charge in [0.2, 0.25) is 0 Å². The van der Waals surface area contributed by atoms with E-state index in [1.807, 2.05) is 0 Å². The molecular weight excluding hydrogens is 398 g/mol. The van der Waals surface area contributed by atoms with Crippen LogP contribution in [0.3, 0.4) is 0 Å². The second-order valence-corrected chi connectivity index (χ2v) is 14.7. The SMILES string of the molecule is CC(C)CCC[C@H](C)[C@H]1CC[C@H]2[C@@H]3CC[C@@H]4C[C@@H](N5CCCCC5)CC[C@]4(C)[C@H]3CC[C@]12C. The van der Waals surface area contributed by atoms with Crippen LogP contribution < -0.4 is 0 Å². The zero-order chi connectivity index (χ0) is 23.2.